The van der Waals surface area contributed by atoms with Gasteiger partial charge in [0.15, 0.2) is 0 Å². The number of aromatic hydroxyl groups is 1. The summed E-state index contributed by atoms with van der Waals surface area (Å²) in [6.07, 6.45) is 0.726. The molecule has 0 unspecified atom stereocenters. The van der Waals surface area contributed by atoms with Gasteiger partial charge in [-0.2, -0.15) is 0 Å². The highest BCUT2D eigenvalue weighted by Crippen LogP contribution is 2.27. The Bertz CT molecular complexity index is 375. The van der Waals surface area contributed by atoms with Crippen LogP contribution >= 0.6 is 0 Å². The maximum atomic E-state index is 9.73. The second-order valence-corrected chi connectivity index (χ2v) is 4.36. The van der Waals surface area contributed by atoms with E-state index < -0.39 is 0 Å². The summed E-state index contributed by atoms with van der Waals surface area (Å²) in [6, 6.07) is 0. The van der Waals surface area contributed by atoms with Crippen molar-refractivity contribution in [2.24, 2.45) is 5.92 Å². The average molecular weight is 225 g/mol. The van der Waals surface area contributed by atoms with Crippen LogP contribution in [0.25, 0.3) is 0 Å². The number of hydrogen-bond acceptors (Lipinski definition) is 4. The predicted molar refractivity (Wildman–Crippen MR) is 61.0 cm³/mol. The molecule has 0 atom stereocenters. The molecule has 0 amide bonds. The zero-order valence-corrected chi connectivity index (χ0v) is 9.99. The Morgan fingerprint density at radius 1 is 1.12 bits per heavy atom. The van der Waals surface area contributed by atoms with Crippen molar-refractivity contribution in [1.82, 2.24) is 4.98 Å². The van der Waals surface area contributed by atoms with Gasteiger partial charge in [-0.15, -0.1) is 0 Å². The summed E-state index contributed by atoms with van der Waals surface area (Å²) in [7, 11) is 0. The molecule has 1 aromatic heterocycles. The fraction of sp³-hybridized carbons (Fsp3) is 0.583. The highest BCUT2D eigenvalue weighted by molar-refractivity contribution is 5.43. The van der Waals surface area contributed by atoms with Gasteiger partial charge in [0.05, 0.1) is 18.9 Å². The number of pyridine rings is 1. The lowest BCUT2D eigenvalue weighted by atomic mass is 9.98. The van der Waals surface area contributed by atoms with E-state index in [9.17, 15) is 15.3 Å². The van der Waals surface area contributed by atoms with Crippen molar-refractivity contribution in [1.29, 1.82) is 0 Å². The normalized spacial score (nSPS) is 11.1. The van der Waals surface area contributed by atoms with Gasteiger partial charge in [-0.1, -0.05) is 13.8 Å². The fourth-order valence-corrected chi connectivity index (χ4v) is 1.77. The van der Waals surface area contributed by atoms with Gasteiger partial charge in [-0.3, -0.25) is 4.98 Å². The minimum atomic E-state index is -0.282. The SMILES string of the molecule is Cc1nc(CC(C)C)c(CO)c(CO)c1O. The number of rotatable bonds is 4. The Morgan fingerprint density at radius 2 is 1.69 bits per heavy atom. The van der Waals surface area contributed by atoms with E-state index in [4.69, 9.17) is 0 Å². The van der Waals surface area contributed by atoms with E-state index in [1.165, 1.54) is 0 Å². The first-order valence-corrected chi connectivity index (χ1v) is 5.43. The molecule has 0 fully saturated rings. The topological polar surface area (TPSA) is 73.6 Å². The van der Waals surface area contributed by atoms with Crippen molar-refractivity contribution < 1.29 is 15.3 Å². The van der Waals surface area contributed by atoms with Crippen molar-refractivity contribution in [2.45, 2.75) is 40.4 Å². The Kier molecular flexibility index (Phi) is 4.26. The van der Waals surface area contributed by atoms with Gasteiger partial charge in [0.2, 0.25) is 0 Å². The molecule has 0 radical (unpaired) electrons. The second kappa shape index (κ2) is 5.27. The molecule has 1 rings (SSSR count). The van der Waals surface area contributed by atoms with Crippen LogP contribution in [0.1, 0.15) is 36.4 Å². The first kappa shape index (κ1) is 12.9. The smallest absolute Gasteiger partial charge is 0.142 e. The quantitative estimate of drug-likeness (QED) is 0.721. The summed E-state index contributed by atoms with van der Waals surface area (Å²) in [4.78, 5) is 4.27. The van der Waals surface area contributed by atoms with Crippen molar-refractivity contribution in [3.05, 3.63) is 22.5 Å². The van der Waals surface area contributed by atoms with Gasteiger partial charge < -0.3 is 15.3 Å². The largest absolute Gasteiger partial charge is 0.506 e. The number of aliphatic hydroxyl groups excluding tert-OH is 2. The Balaban J connectivity index is 3.31. The van der Waals surface area contributed by atoms with Crippen molar-refractivity contribution >= 4 is 0 Å². The monoisotopic (exact) mass is 225 g/mol. The van der Waals surface area contributed by atoms with Crippen LogP contribution in [-0.4, -0.2) is 20.3 Å². The molecule has 0 aliphatic heterocycles. The minimum Gasteiger partial charge on any atom is -0.506 e. The van der Waals surface area contributed by atoms with E-state index in [2.05, 4.69) is 18.8 Å². The maximum Gasteiger partial charge on any atom is 0.142 e. The first-order valence-electron chi connectivity index (χ1n) is 5.43. The van der Waals surface area contributed by atoms with Crippen molar-refractivity contribution in [3.63, 3.8) is 0 Å². The molecule has 0 saturated carbocycles. The summed E-state index contributed by atoms with van der Waals surface area (Å²) < 4.78 is 0. The molecule has 4 heteroatoms. The molecular weight excluding hydrogens is 206 g/mol. The molecule has 0 aliphatic rings. The zero-order valence-electron chi connectivity index (χ0n) is 9.99. The number of aryl methyl sites for hydroxylation is 1. The highest BCUT2D eigenvalue weighted by Gasteiger charge is 2.16. The van der Waals surface area contributed by atoms with Crippen LogP contribution in [0.2, 0.25) is 0 Å². The van der Waals surface area contributed by atoms with Crippen molar-refractivity contribution in [2.75, 3.05) is 0 Å². The van der Waals surface area contributed by atoms with Crippen LogP contribution in [0.15, 0.2) is 0 Å². The Hall–Kier alpha value is -1.13. The van der Waals surface area contributed by atoms with E-state index >= 15 is 0 Å². The van der Waals surface area contributed by atoms with E-state index in [-0.39, 0.29) is 19.0 Å². The van der Waals surface area contributed by atoms with Crippen LogP contribution < -0.4 is 0 Å². The molecule has 16 heavy (non-hydrogen) atoms. The van der Waals surface area contributed by atoms with Crippen molar-refractivity contribution in [3.8, 4) is 5.75 Å². The third kappa shape index (κ3) is 2.51. The van der Waals surface area contributed by atoms with Crippen LogP contribution in [0, 0.1) is 12.8 Å². The Labute approximate surface area is 95.6 Å². The van der Waals surface area contributed by atoms with E-state index in [0.717, 1.165) is 12.1 Å². The molecule has 90 valence electrons. The molecule has 0 aromatic carbocycles. The second-order valence-electron chi connectivity index (χ2n) is 4.36. The fourth-order valence-electron chi connectivity index (χ4n) is 1.77. The maximum absolute atomic E-state index is 9.73. The number of hydrogen-bond donors (Lipinski definition) is 3. The van der Waals surface area contributed by atoms with Gasteiger partial charge in [0.25, 0.3) is 0 Å². The standard InChI is InChI=1S/C12H19NO3/c1-7(2)4-11-9(5-14)10(6-15)12(16)8(3)13-11/h7,14-16H,4-6H2,1-3H3. The van der Waals surface area contributed by atoms with Gasteiger partial charge in [0, 0.05) is 16.8 Å². The molecule has 0 spiro atoms. The van der Waals surface area contributed by atoms with Gasteiger partial charge in [-0.05, 0) is 19.3 Å². The summed E-state index contributed by atoms with van der Waals surface area (Å²) >= 11 is 0. The third-order valence-electron chi connectivity index (χ3n) is 2.56. The number of aliphatic hydroxyl groups is 2. The molecule has 0 aliphatic carbocycles. The summed E-state index contributed by atoms with van der Waals surface area (Å²) in [5.74, 6) is 0.396. The number of aromatic nitrogens is 1. The Morgan fingerprint density at radius 3 is 2.12 bits per heavy atom. The van der Waals surface area contributed by atoms with Gasteiger partial charge in [-0.25, -0.2) is 0 Å². The van der Waals surface area contributed by atoms with E-state index in [1.807, 2.05) is 0 Å². The highest BCUT2D eigenvalue weighted by atomic mass is 16.3. The van der Waals surface area contributed by atoms with E-state index in [0.29, 0.717) is 22.7 Å². The summed E-state index contributed by atoms with van der Waals surface area (Å²) in [5, 5.41) is 28.2. The van der Waals surface area contributed by atoms with Crippen LogP contribution in [0.4, 0.5) is 0 Å². The lowest BCUT2D eigenvalue weighted by Crippen LogP contribution is -2.08. The van der Waals surface area contributed by atoms with Crippen LogP contribution in [0.3, 0.4) is 0 Å². The van der Waals surface area contributed by atoms with Gasteiger partial charge in [0.1, 0.15) is 5.75 Å². The lowest BCUT2D eigenvalue weighted by molar-refractivity contribution is 0.252. The van der Waals surface area contributed by atoms with Crippen LogP contribution in [-0.2, 0) is 19.6 Å². The molecule has 1 aromatic rings. The average Bonchev–Trinajstić information content (AvgIpc) is 2.21. The third-order valence-corrected chi connectivity index (χ3v) is 2.56. The first-order chi connectivity index (χ1) is 7.51. The lowest BCUT2D eigenvalue weighted by Gasteiger charge is -2.15. The van der Waals surface area contributed by atoms with Gasteiger partial charge >= 0.3 is 0 Å². The summed E-state index contributed by atoms with van der Waals surface area (Å²) in [5.41, 5.74) is 2.21. The molecule has 1 heterocycles. The molecule has 4 nitrogen and oxygen atoms in total. The molecular formula is C12H19NO3. The zero-order chi connectivity index (χ0) is 12.3. The van der Waals surface area contributed by atoms with E-state index in [1.54, 1.807) is 6.92 Å². The summed E-state index contributed by atoms with van der Waals surface area (Å²) in [6.45, 7) is 5.32. The minimum absolute atomic E-state index is 0.0148. The van der Waals surface area contributed by atoms with Crippen LogP contribution in [0.5, 0.6) is 5.75 Å². The number of nitrogens with zero attached hydrogens (tertiary/aromatic N) is 1. The molecule has 0 bridgehead atoms. The predicted octanol–water partition coefficient (Wildman–Crippen LogP) is 1.28. The molecule has 3 N–H and O–H groups in total. The molecule has 0 saturated heterocycles.